The molecule has 2 saturated heterocycles. The molecule has 2 nitrogen and oxygen atoms in total. The van der Waals surface area contributed by atoms with Crippen LogP contribution in [0.4, 0.5) is 0 Å². The largest absolute Gasteiger partial charge is 0.381 e. The van der Waals surface area contributed by atoms with E-state index in [0.717, 1.165) is 25.0 Å². The minimum absolute atomic E-state index is 0.725. The van der Waals surface area contributed by atoms with Gasteiger partial charge in [0.1, 0.15) is 0 Å². The van der Waals surface area contributed by atoms with Crippen molar-refractivity contribution in [2.24, 2.45) is 11.8 Å². The van der Waals surface area contributed by atoms with E-state index in [9.17, 15) is 0 Å². The van der Waals surface area contributed by atoms with E-state index in [-0.39, 0.29) is 0 Å². The van der Waals surface area contributed by atoms with E-state index < -0.39 is 0 Å². The van der Waals surface area contributed by atoms with Crippen LogP contribution in [0.15, 0.2) is 11.8 Å². The van der Waals surface area contributed by atoms with Crippen LogP contribution >= 0.6 is 0 Å². The predicted molar refractivity (Wildman–Crippen MR) is 60.5 cm³/mol. The molecule has 2 aliphatic heterocycles. The molecule has 3 rings (SSSR count). The van der Waals surface area contributed by atoms with E-state index in [1.54, 1.807) is 5.70 Å². The number of likely N-dealkylation sites (tertiary alicyclic amines) is 1. The van der Waals surface area contributed by atoms with Crippen molar-refractivity contribution >= 4 is 0 Å². The molecule has 2 atom stereocenters. The number of allylic oxidation sites excluding steroid dienone is 1. The predicted octanol–water partition coefficient (Wildman–Crippen LogP) is 2.41. The maximum atomic E-state index is 5.59. The molecule has 2 heteroatoms. The molecule has 0 aromatic heterocycles. The first-order valence-corrected chi connectivity index (χ1v) is 6.47. The van der Waals surface area contributed by atoms with Crippen LogP contribution in [0.3, 0.4) is 0 Å². The summed E-state index contributed by atoms with van der Waals surface area (Å²) in [5, 5.41) is 0. The van der Waals surface area contributed by atoms with Crippen LogP contribution in [0.2, 0.25) is 0 Å². The van der Waals surface area contributed by atoms with E-state index in [0.29, 0.717) is 0 Å². The number of hydrogen-bond acceptors (Lipinski definition) is 2. The van der Waals surface area contributed by atoms with Crippen molar-refractivity contribution in [2.45, 2.75) is 32.1 Å². The van der Waals surface area contributed by atoms with Crippen LogP contribution in [-0.4, -0.2) is 31.2 Å². The zero-order chi connectivity index (χ0) is 10.1. The normalized spacial score (nSPS) is 36.3. The maximum Gasteiger partial charge on any atom is 0.0532 e. The molecule has 0 amide bonds. The van der Waals surface area contributed by atoms with Gasteiger partial charge in [-0.2, -0.15) is 0 Å². The van der Waals surface area contributed by atoms with E-state index >= 15 is 0 Å². The monoisotopic (exact) mass is 207 g/mol. The van der Waals surface area contributed by atoms with Crippen LogP contribution in [-0.2, 0) is 4.74 Å². The average molecular weight is 207 g/mol. The SMILES string of the molecule is C1=C(N2CCCC2)CCC2CCOCC12. The fourth-order valence-corrected chi connectivity index (χ4v) is 3.28. The quantitative estimate of drug-likeness (QED) is 0.654. The molecule has 1 aliphatic carbocycles. The van der Waals surface area contributed by atoms with Gasteiger partial charge in [0.15, 0.2) is 0 Å². The van der Waals surface area contributed by atoms with E-state index in [1.807, 2.05) is 0 Å². The van der Waals surface area contributed by atoms with Gasteiger partial charge in [0.2, 0.25) is 0 Å². The van der Waals surface area contributed by atoms with Crippen molar-refractivity contribution in [3.8, 4) is 0 Å². The molecule has 15 heavy (non-hydrogen) atoms. The molecular weight excluding hydrogens is 186 g/mol. The third kappa shape index (κ3) is 1.92. The molecule has 2 unspecified atom stereocenters. The fourth-order valence-electron chi connectivity index (χ4n) is 3.28. The Morgan fingerprint density at radius 2 is 2.07 bits per heavy atom. The van der Waals surface area contributed by atoms with Gasteiger partial charge in [0.05, 0.1) is 6.61 Å². The second kappa shape index (κ2) is 4.17. The number of hydrogen-bond donors (Lipinski definition) is 0. The van der Waals surface area contributed by atoms with Crippen LogP contribution in [0, 0.1) is 11.8 Å². The fraction of sp³-hybridized carbons (Fsp3) is 0.846. The minimum atomic E-state index is 0.725. The van der Waals surface area contributed by atoms with E-state index in [2.05, 4.69) is 11.0 Å². The number of nitrogens with zero attached hydrogens (tertiary/aromatic N) is 1. The van der Waals surface area contributed by atoms with Gasteiger partial charge in [0.25, 0.3) is 0 Å². The van der Waals surface area contributed by atoms with E-state index in [4.69, 9.17) is 4.74 Å². The van der Waals surface area contributed by atoms with Crippen molar-refractivity contribution < 1.29 is 4.74 Å². The van der Waals surface area contributed by atoms with Crippen LogP contribution in [0.25, 0.3) is 0 Å². The van der Waals surface area contributed by atoms with Gasteiger partial charge in [-0.1, -0.05) is 6.08 Å². The lowest BCUT2D eigenvalue weighted by atomic mass is 9.80. The molecule has 2 heterocycles. The summed E-state index contributed by atoms with van der Waals surface area (Å²) >= 11 is 0. The van der Waals surface area contributed by atoms with Gasteiger partial charge in [-0.05, 0) is 38.0 Å². The molecule has 0 aromatic carbocycles. The summed E-state index contributed by atoms with van der Waals surface area (Å²) in [5.74, 6) is 1.65. The van der Waals surface area contributed by atoms with Crippen LogP contribution in [0.1, 0.15) is 32.1 Å². The molecule has 0 saturated carbocycles. The Bertz CT molecular complexity index is 255. The van der Waals surface area contributed by atoms with Crippen molar-refractivity contribution in [3.63, 3.8) is 0 Å². The lowest BCUT2D eigenvalue weighted by molar-refractivity contribution is 0.0272. The summed E-state index contributed by atoms with van der Waals surface area (Å²) in [7, 11) is 0. The summed E-state index contributed by atoms with van der Waals surface area (Å²) in [5.41, 5.74) is 1.62. The first-order chi connectivity index (χ1) is 7.43. The molecule has 2 fully saturated rings. The molecule has 0 radical (unpaired) electrons. The second-order valence-electron chi connectivity index (χ2n) is 5.18. The Morgan fingerprint density at radius 1 is 1.20 bits per heavy atom. The molecule has 84 valence electrons. The summed E-state index contributed by atoms with van der Waals surface area (Å²) in [4.78, 5) is 2.60. The highest BCUT2D eigenvalue weighted by Gasteiger charge is 2.29. The van der Waals surface area contributed by atoms with Crippen molar-refractivity contribution in [1.82, 2.24) is 4.90 Å². The van der Waals surface area contributed by atoms with Gasteiger partial charge in [-0.3, -0.25) is 0 Å². The highest BCUT2D eigenvalue weighted by Crippen LogP contribution is 2.35. The van der Waals surface area contributed by atoms with Gasteiger partial charge < -0.3 is 9.64 Å². The molecule has 0 spiro atoms. The Labute approximate surface area is 92.3 Å². The van der Waals surface area contributed by atoms with Crippen LogP contribution < -0.4 is 0 Å². The molecule has 0 aromatic rings. The Hall–Kier alpha value is -0.500. The highest BCUT2D eigenvalue weighted by molar-refractivity contribution is 5.10. The van der Waals surface area contributed by atoms with Gasteiger partial charge in [0, 0.05) is 31.3 Å². The summed E-state index contributed by atoms with van der Waals surface area (Å²) in [6, 6.07) is 0. The topological polar surface area (TPSA) is 12.5 Å². The van der Waals surface area contributed by atoms with E-state index in [1.165, 1.54) is 45.2 Å². The zero-order valence-electron chi connectivity index (χ0n) is 9.45. The number of rotatable bonds is 1. The lowest BCUT2D eigenvalue weighted by Crippen LogP contribution is -2.32. The minimum Gasteiger partial charge on any atom is -0.381 e. The van der Waals surface area contributed by atoms with Gasteiger partial charge in [-0.25, -0.2) is 0 Å². The summed E-state index contributed by atoms with van der Waals surface area (Å²) in [6.07, 6.45) is 9.31. The lowest BCUT2D eigenvalue weighted by Gasteiger charge is -2.36. The molecule has 3 aliphatic rings. The first-order valence-electron chi connectivity index (χ1n) is 6.47. The third-order valence-corrected chi connectivity index (χ3v) is 4.24. The maximum absolute atomic E-state index is 5.59. The van der Waals surface area contributed by atoms with Gasteiger partial charge in [-0.15, -0.1) is 0 Å². The average Bonchev–Trinajstić information content (AvgIpc) is 2.82. The van der Waals surface area contributed by atoms with Crippen molar-refractivity contribution in [1.29, 1.82) is 0 Å². The Morgan fingerprint density at radius 3 is 2.93 bits per heavy atom. The van der Waals surface area contributed by atoms with Gasteiger partial charge >= 0.3 is 0 Å². The first kappa shape index (κ1) is 9.71. The molecule has 0 N–H and O–H groups in total. The molecule has 0 bridgehead atoms. The zero-order valence-corrected chi connectivity index (χ0v) is 9.45. The smallest absolute Gasteiger partial charge is 0.0532 e. The van der Waals surface area contributed by atoms with Crippen molar-refractivity contribution in [2.75, 3.05) is 26.3 Å². The second-order valence-corrected chi connectivity index (χ2v) is 5.18. The van der Waals surface area contributed by atoms with Crippen molar-refractivity contribution in [3.05, 3.63) is 11.8 Å². The third-order valence-electron chi connectivity index (χ3n) is 4.24. The Balaban J connectivity index is 1.71. The summed E-state index contributed by atoms with van der Waals surface area (Å²) < 4.78 is 5.59. The molecular formula is C13H21NO. The number of fused-ring (bicyclic) bond motifs is 1. The highest BCUT2D eigenvalue weighted by atomic mass is 16.5. The Kier molecular flexibility index (Phi) is 2.70. The standard InChI is InChI=1S/C13H21NO/c1-2-7-14(6-1)13-4-3-11-5-8-15-10-12(11)9-13/h9,11-12H,1-8,10H2. The van der Waals surface area contributed by atoms with Crippen LogP contribution in [0.5, 0.6) is 0 Å². The number of ether oxygens (including phenoxy) is 1. The summed E-state index contributed by atoms with van der Waals surface area (Å²) in [6.45, 7) is 4.56.